The molecule has 1 saturated heterocycles. The van der Waals surface area contributed by atoms with Crippen LogP contribution in [0.5, 0.6) is 0 Å². The average molecular weight is 254 g/mol. The molecule has 96 valence electrons. The number of nitrogens with zero attached hydrogens (tertiary/aromatic N) is 3. The van der Waals surface area contributed by atoms with Crippen LogP contribution >= 0.6 is 0 Å². The van der Waals surface area contributed by atoms with E-state index in [1.807, 2.05) is 0 Å². The minimum Gasteiger partial charge on any atom is -0.391 e. The Morgan fingerprint density at radius 2 is 2.50 bits per heavy atom. The summed E-state index contributed by atoms with van der Waals surface area (Å²) < 4.78 is 11.5. The molecule has 3 heterocycles. The van der Waals surface area contributed by atoms with Gasteiger partial charge >= 0.3 is 0 Å². The normalized spacial score (nSPS) is 23.6. The molecule has 1 aliphatic rings. The third-order valence-corrected chi connectivity index (χ3v) is 2.41. The number of aromatic amines is 1. The largest absolute Gasteiger partial charge is 0.391 e. The van der Waals surface area contributed by atoms with Gasteiger partial charge in [0, 0.05) is 0 Å². The Hall–Kier alpha value is -1.97. The van der Waals surface area contributed by atoms with Crippen LogP contribution in [-0.4, -0.2) is 50.6 Å². The summed E-state index contributed by atoms with van der Waals surface area (Å²) in [6, 6.07) is 0. The van der Waals surface area contributed by atoms with Gasteiger partial charge in [-0.2, -0.15) is 0 Å². The molecule has 3 rings (SSSR count). The van der Waals surface area contributed by atoms with E-state index in [2.05, 4.69) is 15.0 Å². The molecule has 0 saturated carbocycles. The molecular weight excluding hydrogens is 244 g/mol. The van der Waals surface area contributed by atoms with Gasteiger partial charge in [0.1, 0.15) is 12.9 Å². The Bertz CT molecular complexity index is 608. The average Bonchev–Trinajstić information content (AvgIpc) is 2.98. The summed E-state index contributed by atoms with van der Waals surface area (Å²) in [5.41, 5.74) is 0.115. The van der Waals surface area contributed by atoms with E-state index in [0.29, 0.717) is 0 Å². The standard InChI is InChI=1S/C9H10N4O5/c14-1-5-16-2-6(17-5)18-13-4-12-7-8(13)10-3-11-9(7)15/h3-6,14H,1-2H2,(H,10,11,15)/t5?,6-/m1/s1. The molecule has 1 aliphatic heterocycles. The number of H-pyrrole nitrogens is 1. The van der Waals surface area contributed by atoms with E-state index >= 15 is 0 Å². The second kappa shape index (κ2) is 4.37. The number of rotatable bonds is 3. The second-order valence-corrected chi connectivity index (χ2v) is 3.59. The van der Waals surface area contributed by atoms with Gasteiger partial charge in [0.2, 0.25) is 5.65 Å². The molecule has 9 heteroatoms. The molecule has 2 N–H and O–H groups in total. The topological polar surface area (TPSA) is 111 Å². The first kappa shape index (κ1) is 11.1. The van der Waals surface area contributed by atoms with E-state index in [1.165, 1.54) is 17.4 Å². The van der Waals surface area contributed by atoms with E-state index in [1.54, 1.807) is 0 Å². The van der Waals surface area contributed by atoms with Crippen molar-refractivity contribution in [2.45, 2.75) is 12.6 Å². The van der Waals surface area contributed by atoms with E-state index < -0.39 is 12.6 Å². The number of aliphatic hydroxyl groups is 1. The SMILES string of the molecule is O=c1[nH]cnc2c1ncn2O[C@@H]1COC(CO)O1. The molecule has 2 aromatic heterocycles. The first-order valence-electron chi connectivity index (χ1n) is 5.23. The van der Waals surface area contributed by atoms with Crippen LogP contribution < -0.4 is 10.4 Å². The van der Waals surface area contributed by atoms with Crippen molar-refractivity contribution in [2.75, 3.05) is 13.2 Å². The van der Waals surface area contributed by atoms with Crippen LogP contribution in [0.25, 0.3) is 11.2 Å². The van der Waals surface area contributed by atoms with Crippen LogP contribution in [0.1, 0.15) is 0 Å². The third-order valence-electron chi connectivity index (χ3n) is 2.41. The predicted octanol–water partition coefficient (Wildman–Crippen LogP) is -1.76. The van der Waals surface area contributed by atoms with Gasteiger partial charge in [-0.1, -0.05) is 0 Å². The van der Waals surface area contributed by atoms with Crippen molar-refractivity contribution in [1.82, 2.24) is 19.7 Å². The van der Waals surface area contributed by atoms with Gasteiger partial charge in [-0.25, -0.2) is 9.97 Å². The molecule has 9 nitrogen and oxygen atoms in total. The quantitative estimate of drug-likeness (QED) is 0.667. The zero-order valence-corrected chi connectivity index (χ0v) is 9.15. The van der Waals surface area contributed by atoms with Crippen molar-refractivity contribution in [3.05, 3.63) is 23.0 Å². The number of ether oxygens (including phenoxy) is 2. The summed E-state index contributed by atoms with van der Waals surface area (Å²) in [5.74, 6) is 0. The van der Waals surface area contributed by atoms with Crippen molar-refractivity contribution in [2.24, 2.45) is 0 Å². The number of fused-ring (bicyclic) bond motifs is 1. The Morgan fingerprint density at radius 1 is 1.61 bits per heavy atom. The fourth-order valence-electron chi connectivity index (χ4n) is 1.61. The van der Waals surface area contributed by atoms with Crippen LogP contribution in [0.4, 0.5) is 0 Å². The van der Waals surface area contributed by atoms with Gasteiger partial charge < -0.3 is 24.4 Å². The van der Waals surface area contributed by atoms with Crippen molar-refractivity contribution in [3.63, 3.8) is 0 Å². The molecule has 0 spiro atoms. The summed E-state index contributed by atoms with van der Waals surface area (Å²) in [5, 5.41) is 8.84. The zero-order valence-electron chi connectivity index (χ0n) is 9.15. The minimum atomic E-state index is -0.693. The van der Waals surface area contributed by atoms with Crippen LogP contribution in [-0.2, 0) is 9.47 Å². The fourth-order valence-corrected chi connectivity index (χ4v) is 1.61. The Kier molecular flexibility index (Phi) is 2.70. The van der Waals surface area contributed by atoms with Crippen LogP contribution in [0.2, 0.25) is 0 Å². The Balaban J connectivity index is 1.83. The maximum atomic E-state index is 11.4. The first-order valence-corrected chi connectivity index (χ1v) is 5.23. The van der Waals surface area contributed by atoms with Crippen LogP contribution in [0.15, 0.2) is 17.4 Å². The summed E-state index contributed by atoms with van der Waals surface area (Å²) >= 11 is 0. The Labute approximate surface area is 99.9 Å². The van der Waals surface area contributed by atoms with Gasteiger partial charge in [0.15, 0.2) is 11.8 Å². The van der Waals surface area contributed by atoms with Gasteiger partial charge in [0.05, 0.1) is 12.9 Å². The molecule has 1 unspecified atom stereocenters. The molecule has 0 aliphatic carbocycles. The maximum absolute atomic E-state index is 11.4. The lowest BCUT2D eigenvalue weighted by Gasteiger charge is -2.11. The minimum absolute atomic E-state index is 0.175. The molecule has 2 aromatic rings. The summed E-state index contributed by atoms with van der Waals surface area (Å²) in [7, 11) is 0. The van der Waals surface area contributed by atoms with Crippen molar-refractivity contribution in [1.29, 1.82) is 0 Å². The fraction of sp³-hybridized carbons (Fsp3) is 0.444. The zero-order chi connectivity index (χ0) is 12.5. The van der Waals surface area contributed by atoms with Gasteiger partial charge in [-0.3, -0.25) is 4.79 Å². The van der Waals surface area contributed by atoms with E-state index in [9.17, 15) is 4.79 Å². The molecule has 2 atom stereocenters. The lowest BCUT2D eigenvalue weighted by atomic mass is 10.5. The number of aromatic nitrogens is 4. The molecular formula is C9H10N4O5. The van der Waals surface area contributed by atoms with Crippen molar-refractivity contribution >= 4 is 11.2 Å². The number of aliphatic hydroxyl groups excluding tert-OH is 1. The van der Waals surface area contributed by atoms with Gasteiger partial charge in [-0.05, 0) is 0 Å². The summed E-state index contributed by atoms with van der Waals surface area (Å²) in [6.45, 7) is -0.0729. The van der Waals surface area contributed by atoms with Crippen molar-refractivity contribution < 1.29 is 19.4 Å². The molecule has 0 radical (unpaired) electrons. The molecule has 1 fully saturated rings. The van der Waals surface area contributed by atoms with Crippen LogP contribution in [0.3, 0.4) is 0 Å². The number of hydrogen-bond acceptors (Lipinski definition) is 7. The number of nitrogens with one attached hydrogen (secondary N) is 1. The highest BCUT2D eigenvalue weighted by Crippen LogP contribution is 2.11. The monoisotopic (exact) mass is 254 g/mol. The first-order chi connectivity index (χ1) is 8.78. The third kappa shape index (κ3) is 1.83. The number of hydrogen-bond donors (Lipinski definition) is 2. The smallest absolute Gasteiger partial charge is 0.279 e. The van der Waals surface area contributed by atoms with Gasteiger partial charge in [0.25, 0.3) is 11.8 Å². The predicted molar refractivity (Wildman–Crippen MR) is 56.4 cm³/mol. The van der Waals surface area contributed by atoms with Crippen molar-refractivity contribution in [3.8, 4) is 0 Å². The molecule has 0 aromatic carbocycles. The second-order valence-electron chi connectivity index (χ2n) is 3.59. The van der Waals surface area contributed by atoms with Crippen LogP contribution in [0, 0.1) is 0 Å². The highest BCUT2D eigenvalue weighted by Gasteiger charge is 2.28. The van der Waals surface area contributed by atoms with Gasteiger partial charge in [-0.15, -0.1) is 4.73 Å². The number of imidazole rings is 1. The molecule has 18 heavy (non-hydrogen) atoms. The summed E-state index contributed by atoms with van der Waals surface area (Å²) in [6.07, 6.45) is 1.21. The van der Waals surface area contributed by atoms with E-state index in [4.69, 9.17) is 19.4 Å². The molecule has 0 amide bonds. The summed E-state index contributed by atoms with van der Waals surface area (Å²) in [4.78, 5) is 27.1. The highest BCUT2D eigenvalue weighted by atomic mass is 16.9. The molecule has 0 bridgehead atoms. The van der Waals surface area contributed by atoms with E-state index in [-0.39, 0.29) is 29.9 Å². The Morgan fingerprint density at radius 3 is 3.28 bits per heavy atom. The maximum Gasteiger partial charge on any atom is 0.279 e. The lowest BCUT2D eigenvalue weighted by Crippen LogP contribution is -2.28. The lowest BCUT2D eigenvalue weighted by molar-refractivity contribution is -0.155. The van der Waals surface area contributed by atoms with E-state index in [0.717, 1.165) is 0 Å². The highest BCUT2D eigenvalue weighted by molar-refractivity contribution is 5.68.